The molecule has 1 amide bonds. The van der Waals surface area contributed by atoms with Crippen LogP contribution in [0.3, 0.4) is 0 Å². The van der Waals surface area contributed by atoms with Crippen molar-refractivity contribution < 1.29 is 4.79 Å². The Kier molecular flexibility index (Phi) is 4.90. The van der Waals surface area contributed by atoms with E-state index in [0.29, 0.717) is 12.1 Å². The third-order valence-corrected chi connectivity index (χ3v) is 5.33. The molecule has 2 heterocycles. The van der Waals surface area contributed by atoms with Crippen molar-refractivity contribution in [1.82, 2.24) is 20.1 Å². The maximum absolute atomic E-state index is 13.1. The lowest BCUT2D eigenvalue weighted by Gasteiger charge is -2.26. The number of amides is 1. The summed E-state index contributed by atoms with van der Waals surface area (Å²) >= 11 is 0. The molecule has 4 rings (SSSR count). The highest BCUT2D eigenvalue weighted by Crippen LogP contribution is 2.25. The van der Waals surface area contributed by atoms with Crippen molar-refractivity contribution in [1.29, 1.82) is 0 Å². The van der Waals surface area contributed by atoms with E-state index in [-0.39, 0.29) is 18.0 Å². The lowest BCUT2D eigenvalue weighted by atomic mass is 9.91. The molecule has 3 N–H and O–H groups in total. The Morgan fingerprint density at radius 3 is 2.67 bits per heavy atom. The lowest BCUT2D eigenvalue weighted by molar-refractivity contribution is 0.0927. The lowest BCUT2D eigenvalue weighted by Crippen LogP contribution is -2.40. The first-order valence-corrected chi connectivity index (χ1v) is 9.64. The molecule has 0 bridgehead atoms. The molecule has 0 radical (unpaired) electrons. The van der Waals surface area contributed by atoms with E-state index in [2.05, 4.69) is 10.4 Å². The van der Waals surface area contributed by atoms with Gasteiger partial charge in [-0.15, -0.1) is 0 Å². The normalized spacial score (nSPS) is 19.9. The second-order valence-corrected chi connectivity index (χ2v) is 7.20. The quantitative estimate of drug-likeness (QED) is 0.746. The summed E-state index contributed by atoms with van der Waals surface area (Å²) < 4.78 is 1.83. The number of aromatic nitrogens is 3. The molecule has 0 aliphatic heterocycles. The molecule has 1 aromatic carbocycles. The highest BCUT2D eigenvalue weighted by atomic mass is 16.1. The molecule has 140 valence electrons. The van der Waals surface area contributed by atoms with Crippen LogP contribution in [0.4, 0.5) is 0 Å². The van der Waals surface area contributed by atoms with Crippen molar-refractivity contribution in [2.45, 2.75) is 51.2 Å². The summed E-state index contributed by atoms with van der Waals surface area (Å²) in [5, 5.41) is 8.39. The Hall–Kier alpha value is -2.73. The molecule has 0 saturated heterocycles. The minimum absolute atomic E-state index is 0.0595. The molecule has 6 heteroatoms. The number of nitrogens with one attached hydrogen (secondary N) is 1. The number of carbonyl (C=O) groups is 1. The van der Waals surface area contributed by atoms with Crippen molar-refractivity contribution in [2.24, 2.45) is 5.73 Å². The Labute approximate surface area is 158 Å². The van der Waals surface area contributed by atoms with Gasteiger partial charge in [0.2, 0.25) is 0 Å². The first-order valence-electron chi connectivity index (χ1n) is 9.64. The van der Waals surface area contributed by atoms with Gasteiger partial charge in [0, 0.05) is 24.2 Å². The summed E-state index contributed by atoms with van der Waals surface area (Å²) in [6.45, 7) is 2.73. The summed E-state index contributed by atoms with van der Waals surface area (Å²) in [5.74, 6) is -0.0595. The van der Waals surface area contributed by atoms with Crippen LogP contribution in [0.5, 0.6) is 0 Å². The van der Waals surface area contributed by atoms with Crippen LogP contribution in [0.2, 0.25) is 0 Å². The molecule has 6 nitrogen and oxygen atoms in total. The molecule has 0 atom stereocenters. The molecular formula is C21H25N5O. The number of nitrogens with two attached hydrogens (primary N) is 1. The molecule has 1 aliphatic carbocycles. The van der Waals surface area contributed by atoms with Crippen molar-refractivity contribution in [3.8, 4) is 11.3 Å². The van der Waals surface area contributed by atoms with Crippen LogP contribution in [0.25, 0.3) is 22.3 Å². The van der Waals surface area contributed by atoms with E-state index in [4.69, 9.17) is 10.7 Å². The van der Waals surface area contributed by atoms with E-state index >= 15 is 0 Å². The number of carbonyl (C=O) groups excluding carboxylic acids is 1. The maximum atomic E-state index is 13.1. The Bertz CT molecular complexity index is 942. The molecule has 1 saturated carbocycles. The van der Waals surface area contributed by atoms with E-state index < -0.39 is 0 Å². The fraction of sp³-hybridized carbons (Fsp3) is 0.381. The number of hydrogen-bond acceptors (Lipinski definition) is 4. The highest BCUT2D eigenvalue weighted by Gasteiger charge is 2.23. The van der Waals surface area contributed by atoms with Crippen LogP contribution in [0.1, 0.15) is 43.0 Å². The van der Waals surface area contributed by atoms with Crippen LogP contribution >= 0.6 is 0 Å². The van der Waals surface area contributed by atoms with Gasteiger partial charge in [-0.3, -0.25) is 4.79 Å². The summed E-state index contributed by atoms with van der Waals surface area (Å²) in [6, 6.07) is 12.3. The number of aryl methyl sites for hydroxylation is 1. The Balaban J connectivity index is 1.72. The number of nitrogens with zero attached hydrogens (tertiary/aromatic N) is 3. The molecule has 3 aromatic rings. The predicted molar refractivity (Wildman–Crippen MR) is 106 cm³/mol. The van der Waals surface area contributed by atoms with Crippen LogP contribution in [0.15, 0.2) is 42.6 Å². The van der Waals surface area contributed by atoms with Crippen molar-refractivity contribution >= 4 is 16.9 Å². The van der Waals surface area contributed by atoms with Gasteiger partial charge in [0.25, 0.3) is 5.91 Å². The first kappa shape index (κ1) is 17.7. The summed E-state index contributed by atoms with van der Waals surface area (Å²) in [4.78, 5) is 17.9. The van der Waals surface area contributed by atoms with Gasteiger partial charge in [0.05, 0.1) is 22.8 Å². The van der Waals surface area contributed by atoms with E-state index in [1.165, 1.54) is 0 Å². The smallest absolute Gasteiger partial charge is 0.252 e. The maximum Gasteiger partial charge on any atom is 0.252 e. The van der Waals surface area contributed by atoms with Gasteiger partial charge in [-0.05, 0) is 38.7 Å². The third-order valence-electron chi connectivity index (χ3n) is 5.33. The second kappa shape index (κ2) is 7.48. The standard InChI is InChI=1S/C21H25N5O/c1-2-26-20-18(13-23-26)17(12-19(25-20)14-6-4-3-5-7-14)21(27)24-16-10-8-15(22)9-11-16/h3-7,12-13,15-16H,2,8-11,22H2,1H3,(H,24,27). The largest absolute Gasteiger partial charge is 0.349 e. The number of rotatable bonds is 4. The summed E-state index contributed by atoms with van der Waals surface area (Å²) in [5.41, 5.74) is 9.13. The minimum atomic E-state index is -0.0595. The van der Waals surface area contributed by atoms with E-state index in [0.717, 1.165) is 48.0 Å². The van der Waals surface area contributed by atoms with Crippen molar-refractivity contribution in [2.75, 3.05) is 0 Å². The van der Waals surface area contributed by atoms with Crippen LogP contribution < -0.4 is 11.1 Å². The zero-order chi connectivity index (χ0) is 18.8. The Morgan fingerprint density at radius 2 is 1.96 bits per heavy atom. The topological polar surface area (TPSA) is 85.8 Å². The second-order valence-electron chi connectivity index (χ2n) is 7.20. The van der Waals surface area contributed by atoms with E-state index in [1.54, 1.807) is 6.20 Å². The molecule has 2 aromatic heterocycles. The van der Waals surface area contributed by atoms with Gasteiger partial charge in [-0.25, -0.2) is 9.67 Å². The monoisotopic (exact) mass is 363 g/mol. The number of benzene rings is 1. The van der Waals surface area contributed by atoms with Gasteiger partial charge in [0.1, 0.15) is 0 Å². The highest BCUT2D eigenvalue weighted by molar-refractivity contribution is 6.06. The number of hydrogen-bond donors (Lipinski definition) is 2. The van der Waals surface area contributed by atoms with Gasteiger partial charge in [-0.2, -0.15) is 5.10 Å². The number of fused-ring (bicyclic) bond motifs is 1. The van der Waals surface area contributed by atoms with E-state index in [9.17, 15) is 4.79 Å². The molecule has 1 aliphatic rings. The SMILES string of the molecule is CCn1ncc2c(C(=O)NC3CCC(N)CC3)cc(-c3ccccc3)nc21. The average Bonchev–Trinajstić information content (AvgIpc) is 3.12. The van der Waals surface area contributed by atoms with Gasteiger partial charge >= 0.3 is 0 Å². The Morgan fingerprint density at radius 1 is 1.22 bits per heavy atom. The van der Waals surface area contributed by atoms with Crippen LogP contribution in [0, 0.1) is 0 Å². The fourth-order valence-corrected chi connectivity index (χ4v) is 3.75. The molecule has 27 heavy (non-hydrogen) atoms. The fourth-order valence-electron chi connectivity index (χ4n) is 3.75. The summed E-state index contributed by atoms with van der Waals surface area (Å²) in [6.07, 6.45) is 5.52. The first-order chi connectivity index (χ1) is 13.2. The zero-order valence-corrected chi connectivity index (χ0v) is 15.6. The van der Waals surface area contributed by atoms with Gasteiger partial charge in [-0.1, -0.05) is 30.3 Å². The molecule has 0 spiro atoms. The number of pyridine rings is 1. The molecular weight excluding hydrogens is 338 g/mol. The zero-order valence-electron chi connectivity index (χ0n) is 15.6. The molecule has 0 unspecified atom stereocenters. The van der Waals surface area contributed by atoms with E-state index in [1.807, 2.05) is 48.0 Å². The van der Waals surface area contributed by atoms with Gasteiger partial charge < -0.3 is 11.1 Å². The molecule has 1 fully saturated rings. The van der Waals surface area contributed by atoms with Crippen molar-refractivity contribution in [3.63, 3.8) is 0 Å². The minimum Gasteiger partial charge on any atom is -0.349 e. The average molecular weight is 363 g/mol. The predicted octanol–water partition coefficient (Wildman–Crippen LogP) is 3.12. The van der Waals surface area contributed by atoms with Crippen LogP contribution in [-0.4, -0.2) is 32.8 Å². The third kappa shape index (κ3) is 3.57. The summed E-state index contributed by atoms with van der Waals surface area (Å²) in [7, 11) is 0. The van der Waals surface area contributed by atoms with Gasteiger partial charge in [0.15, 0.2) is 5.65 Å². The van der Waals surface area contributed by atoms with Crippen LogP contribution in [-0.2, 0) is 6.54 Å². The van der Waals surface area contributed by atoms with Crippen molar-refractivity contribution in [3.05, 3.63) is 48.2 Å².